The Morgan fingerprint density at radius 2 is 1.61 bits per heavy atom. The van der Waals surface area contributed by atoms with Gasteiger partial charge in [0.1, 0.15) is 11.0 Å². The van der Waals surface area contributed by atoms with E-state index >= 15 is 0 Å². The van der Waals surface area contributed by atoms with Crippen LogP contribution in [0.15, 0.2) is 40.2 Å². The Kier molecular flexibility index (Phi) is 6.04. The standard InChI is InChI=1S/C21H20BrN3OS2/c1-2-3-4-5-12-25-23-20-15(17-9-6-14(13-26)27-17)7-8-16(21(20)24-25)18-10-11-19(22)28-18/h6-11,13H,2-5,12H2,1H3. The molecular weight excluding hydrogens is 454 g/mol. The fraction of sp³-hybridized carbons (Fsp3) is 0.286. The van der Waals surface area contributed by atoms with E-state index in [1.165, 1.54) is 35.5 Å². The molecule has 3 aromatic heterocycles. The van der Waals surface area contributed by atoms with E-state index in [4.69, 9.17) is 10.2 Å². The summed E-state index contributed by atoms with van der Waals surface area (Å²) in [5.41, 5.74) is 3.95. The maximum Gasteiger partial charge on any atom is 0.160 e. The second-order valence-corrected chi connectivity index (χ2v) is 10.2. The van der Waals surface area contributed by atoms with Crippen molar-refractivity contribution in [3.8, 4) is 20.9 Å². The smallest absolute Gasteiger partial charge is 0.160 e. The summed E-state index contributed by atoms with van der Waals surface area (Å²) in [4.78, 5) is 15.9. The minimum absolute atomic E-state index is 0.723. The Morgan fingerprint density at radius 3 is 2.18 bits per heavy atom. The quantitative estimate of drug-likeness (QED) is 0.203. The summed E-state index contributed by atoms with van der Waals surface area (Å²) in [5.74, 6) is 0. The Balaban J connectivity index is 1.79. The highest BCUT2D eigenvalue weighted by molar-refractivity contribution is 9.11. The summed E-state index contributed by atoms with van der Waals surface area (Å²) in [7, 11) is 0. The van der Waals surface area contributed by atoms with E-state index in [0.29, 0.717) is 0 Å². The molecule has 4 rings (SSSR count). The largest absolute Gasteiger partial charge is 0.297 e. The van der Waals surface area contributed by atoms with Gasteiger partial charge in [-0.1, -0.05) is 38.3 Å². The van der Waals surface area contributed by atoms with Gasteiger partial charge < -0.3 is 0 Å². The first kappa shape index (κ1) is 19.5. The highest BCUT2D eigenvalue weighted by Crippen LogP contribution is 2.39. The number of aromatic nitrogens is 3. The van der Waals surface area contributed by atoms with Gasteiger partial charge in [0.05, 0.1) is 15.2 Å². The number of halogens is 1. The summed E-state index contributed by atoms with van der Waals surface area (Å²) < 4.78 is 1.10. The van der Waals surface area contributed by atoms with E-state index in [-0.39, 0.29) is 0 Å². The number of benzene rings is 1. The Hall–Kier alpha value is -1.83. The minimum atomic E-state index is 0.723. The number of rotatable bonds is 8. The van der Waals surface area contributed by atoms with Gasteiger partial charge in [0, 0.05) is 20.9 Å². The molecule has 4 nitrogen and oxygen atoms in total. The number of unbranched alkanes of at least 4 members (excludes halogenated alkanes) is 3. The van der Waals surface area contributed by atoms with Gasteiger partial charge in [-0.05, 0) is 46.6 Å². The number of hydrogen-bond donors (Lipinski definition) is 0. The minimum Gasteiger partial charge on any atom is -0.297 e. The SMILES string of the molecule is CCCCCCn1nc2c(-c3ccc(Br)s3)ccc(-c3ccc(C=O)s3)c2n1. The summed E-state index contributed by atoms with van der Waals surface area (Å²) in [6, 6.07) is 12.2. The maximum absolute atomic E-state index is 11.1. The lowest BCUT2D eigenvalue weighted by Crippen LogP contribution is -2.02. The van der Waals surface area contributed by atoms with Crippen LogP contribution in [0.3, 0.4) is 0 Å². The highest BCUT2D eigenvalue weighted by atomic mass is 79.9. The van der Waals surface area contributed by atoms with Gasteiger partial charge in [0.2, 0.25) is 0 Å². The molecule has 144 valence electrons. The van der Waals surface area contributed by atoms with Crippen LogP contribution in [0.1, 0.15) is 42.3 Å². The van der Waals surface area contributed by atoms with Gasteiger partial charge >= 0.3 is 0 Å². The first-order valence-corrected chi connectivity index (χ1v) is 11.8. The predicted molar refractivity (Wildman–Crippen MR) is 121 cm³/mol. The van der Waals surface area contributed by atoms with E-state index in [0.717, 1.165) is 55.0 Å². The number of thiophene rings is 2. The lowest BCUT2D eigenvalue weighted by molar-refractivity contribution is 0.112. The van der Waals surface area contributed by atoms with Crippen LogP contribution in [0.4, 0.5) is 0 Å². The molecule has 0 aliphatic rings. The van der Waals surface area contributed by atoms with Gasteiger partial charge in [0.25, 0.3) is 0 Å². The molecule has 4 aromatic rings. The van der Waals surface area contributed by atoms with Crippen LogP contribution >= 0.6 is 38.6 Å². The molecule has 0 saturated heterocycles. The third-order valence-electron chi connectivity index (χ3n) is 4.64. The van der Waals surface area contributed by atoms with Gasteiger partial charge in [0.15, 0.2) is 6.29 Å². The van der Waals surface area contributed by atoms with E-state index in [2.05, 4.69) is 47.1 Å². The monoisotopic (exact) mass is 473 g/mol. The Bertz CT molecular complexity index is 1110. The predicted octanol–water partition coefficient (Wildman–Crippen LogP) is 7.04. The van der Waals surface area contributed by atoms with Crippen LogP contribution in [0.25, 0.3) is 31.9 Å². The molecule has 0 atom stereocenters. The molecule has 0 bridgehead atoms. The van der Waals surface area contributed by atoms with Crippen LogP contribution in [0.2, 0.25) is 0 Å². The maximum atomic E-state index is 11.1. The van der Waals surface area contributed by atoms with Gasteiger partial charge in [-0.15, -0.1) is 22.7 Å². The van der Waals surface area contributed by atoms with Crippen LogP contribution in [-0.4, -0.2) is 21.3 Å². The van der Waals surface area contributed by atoms with Crippen molar-refractivity contribution in [2.24, 2.45) is 0 Å². The Labute approximate surface area is 180 Å². The molecule has 0 aliphatic heterocycles. The summed E-state index contributed by atoms with van der Waals surface area (Å²) in [5, 5.41) is 9.67. The fourth-order valence-electron chi connectivity index (χ4n) is 3.23. The number of aryl methyl sites for hydroxylation is 1. The van der Waals surface area contributed by atoms with Gasteiger partial charge in [-0.3, -0.25) is 4.79 Å². The zero-order valence-electron chi connectivity index (χ0n) is 15.5. The van der Waals surface area contributed by atoms with Gasteiger partial charge in [-0.25, -0.2) is 0 Å². The van der Waals surface area contributed by atoms with E-state index in [1.54, 1.807) is 11.3 Å². The Morgan fingerprint density at radius 1 is 0.929 bits per heavy atom. The van der Waals surface area contributed by atoms with Crippen molar-refractivity contribution in [1.82, 2.24) is 15.0 Å². The number of carbonyl (C=O) groups excluding carboxylic acids is 1. The summed E-state index contributed by atoms with van der Waals surface area (Å²) in [6.45, 7) is 3.04. The highest BCUT2D eigenvalue weighted by Gasteiger charge is 2.17. The van der Waals surface area contributed by atoms with Crippen molar-refractivity contribution in [2.75, 3.05) is 0 Å². The molecule has 0 fully saturated rings. The lowest BCUT2D eigenvalue weighted by atomic mass is 10.1. The molecule has 3 heterocycles. The van der Waals surface area contributed by atoms with Crippen molar-refractivity contribution >= 4 is 55.9 Å². The van der Waals surface area contributed by atoms with Crippen LogP contribution in [-0.2, 0) is 6.54 Å². The first-order valence-electron chi connectivity index (χ1n) is 9.38. The molecule has 0 aliphatic carbocycles. The van der Waals surface area contributed by atoms with E-state index in [9.17, 15) is 4.79 Å². The molecule has 0 saturated carbocycles. The van der Waals surface area contributed by atoms with Crippen molar-refractivity contribution in [3.63, 3.8) is 0 Å². The second kappa shape index (κ2) is 8.68. The zero-order chi connectivity index (χ0) is 19.5. The summed E-state index contributed by atoms with van der Waals surface area (Å²) >= 11 is 6.74. The lowest BCUT2D eigenvalue weighted by Gasteiger charge is -2.02. The normalized spacial score (nSPS) is 11.4. The summed E-state index contributed by atoms with van der Waals surface area (Å²) in [6.07, 6.45) is 5.63. The zero-order valence-corrected chi connectivity index (χ0v) is 18.7. The molecule has 7 heteroatoms. The number of aldehydes is 1. The molecule has 0 radical (unpaired) electrons. The number of hydrogen-bond acceptors (Lipinski definition) is 5. The van der Waals surface area contributed by atoms with Crippen molar-refractivity contribution in [2.45, 2.75) is 39.2 Å². The average molecular weight is 474 g/mol. The second-order valence-electron chi connectivity index (χ2n) is 6.64. The third kappa shape index (κ3) is 3.97. The molecule has 0 amide bonds. The van der Waals surface area contributed by atoms with Crippen molar-refractivity contribution < 1.29 is 4.79 Å². The van der Waals surface area contributed by atoms with Crippen molar-refractivity contribution in [1.29, 1.82) is 0 Å². The fourth-order valence-corrected chi connectivity index (χ4v) is 5.49. The third-order valence-corrected chi connectivity index (χ3v) is 7.34. The number of nitrogens with zero attached hydrogens (tertiary/aromatic N) is 3. The average Bonchev–Trinajstić information content (AvgIpc) is 3.43. The number of carbonyl (C=O) groups is 1. The van der Waals surface area contributed by atoms with Crippen LogP contribution in [0, 0.1) is 0 Å². The van der Waals surface area contributed by atoms with E-state index < -0.39 is 0 Å². The van der Waals surface area contributed by atoms with Gasteiger partial charge in [-0.2, -0.15) is 15.0 Å². The molecule has 0 N–H and O–H groups in total. The molecule has 0 unspecified atom stereocenters. The molecular formula is C21H20BrN3OS2. The van der Waals surface area contributed by atoms with Crippen molar-refractivity contribution in [3.05, 3.63) is 45.1 Å². The van der Waals surface area contributed by atoms with Crippen LogP contribution < -0.4 is 0 Å². The van der Waals surface area contributed by atoms with Crippen LogP contribution in [0.5, 0.6) is 0 Å². The molecule has 0 spiro atoms. The topological polar surface area (TPSA) is 47.8 Å². The first-order chi connectivity index (χ1) is 13.7. The molecule has 1 aromatic carbocycles. The van der Waals surface area contributed by atoms with E-state index in [1.807, 2.05) is 16.9 Å². The number of fused-ring (bicyclic) bond motifs is 1. The molecule has 28 heavy (non-hydrogen) atoms.